The summed E-state index contributed by atoms with van der Waals surface area (Å²) >= 11 is 0. The fraction of sp³-hybridized carbons (Fsp3) is 1.00. The Kier molecular flexibility index (Phi) is 77.3. The van der Waals surface area contributed by atoms with Crippen LogP contribution >= 0.6 is 16.5 Å². The van der Waals surface area contributed by atoms with E-state index in [1.807, 2.05) is 0 Å². The molecule has 2 atom stereocenters. The summed E-state index contributed by atoms with van der Waals surface area (Å²) in [4.78, 5) is 17.8. The average Bonchev–Trinajstić information content (AvgIpc) is 1.89. The third kappa shape index (κ3) is 91.6. The van der Waals surface area contributed by atoms with E-state index < -0.39 is 16.5 Å². The van der Waals surface area contributed by atoms with Gasteiger partial charge in [-0.1, -0.05) is 29.7 Å². The molecule has 94 valence electrons. The minimum Gasteiger partial charge on any atom is -0.674 e. The van der Waals surface area contributed by atoms with Crippen LogP contribution in [0.3, 0.4) is 0 Å². The monoisotopic (exact) mass is 257 g/mol. The molecule has 0 radical (unpaired) electrons. The molecule has 0 aliphatic rings. The largest absolute Gasteiger partial charge is 0.674 e. The van der Waals surface area contributed by atoms with E-state index in [4.69, 9.17) is 29.4 Å². The van der Waals surface area contributed by atoms with E-state index in [2.05, 4.69) is 9.35 Å². The zero-order valence-corrected chi connectivity index (χ0v) is 5.99. The quantitative estimate of drug-likeness (QED) is 0.430. The third-order valence-corrected chi connectivity index (χ3v) is 0.383. The Hall–Kier alpha value is -0.0400. The van der Waals surface area contributed by atoms with Gasteiger partial charge in [-0.2, -0.15) is 0 Å². The van der Waals surface area contributed by atoms with Crippen molar-refractivity contribution in [3.63, 3.8) is 0 Å². The summed E-state index contributed by atoms with van der Waals surface area (Å²) in [5.41, 5.74) is 0. The molecule has 10 heteroatoms. The Balaban J connectivity index is -0.0000000128. The summed E-state index contributed by atoms with van der Waals surface area (Å²) < 4.78 is 23.0. The van der Waals surface area contributed by atoms with Gasteiger partial charge in [0, 0.05) is 6.10 Å². The molecule has 0 bridgehead atoms. The van der Waals surface area contributed by atoms with Crippen molar-refractivity contribution in [2.75, 3.05) is 0 Å². The van der Waals surface area contributed by atoms with Crippen LogP contribution in [0.25, 0.3) is 0 Å². The zero-order valence-electron chi connectivity index (χ0n) is 4.20. The number of hydrogen-bond acceptors (Lipinski definition) is 8. The molecule has 0 rings (SSSR count). The first-order valence-corrected chi connectivity index (χ1v) is 3.64. The summed E-state index contributed by atoms with van der Waals surface area (Å²) in [7, 11) is -6.20. The SMILES string of the molecule is C.C.C.C.O=[P+]([O-])OO.O=[P+]([O-])O[O-].[HH]. The summed E-state index contributed by atoms with van der Waals surface area (Å²) in [5.74, 6) is 0. The Morgan fingerprint density at radius 1 is 1.00 bits per heavy atom. The molecular weight excluding hydrogens is 238 g/mol. The molecule has 0 aromatic carbocycles. The van der Waals surface area contributed by atoms with Gasteiger partial charge in [0.05, 0.1) is 0 Å². The fourth-order valence-electron chi connectivity index (χ4n) is 0. The summed E-state index contributed by atoms with van der Waals surface area (Å²) in [6.07, 6.45) is 0. The lowest BCUT2D eigenvalue weighted by molar-refractivity contribution is -0.644. The Morgan fingerprint density at radius 2 is 1.14 bits per heavy atom. The lowest BCUT2D eigenvalue weighted by Gasteiger charge is -1.84. The predicted molar refractivity (Wildman–Crippen MR) is 49.0 cm³/mol. The van der Waals surface area contributed by atoms with Crippen LogP contribution in [-0.2, 0) is 18.5 Å². The molecule has 0 amide bonds. The van der Waals surface area contributed by atoms with Crippen molar-refractivity contribution in [3.8, 4) is 0 Å². The summed E-state index contributed by atoms with van der Waals surface area (Å²) in [6, 6.07) is 0. The first-order valence-electron chi connectivity index (χ1n) is 1.44. The van der Waals surface area contributed by atoms with Crippen molar-refractivity contribution >= 4 is 16.5 Å². The van der Waals surface area contributed by atoms with Crippen molar-refractivity contribution in [1.29, 1.82) is 0 Å². The van der Waals surface area contributed by atoms with Gasteiger partial charge in [-0.15, -0.1) is 0 Å². The molecule has 0 saturated heterocycles. The maximum absolute atomic E-state index is 8.93. The van der Waals surface area contributed by atoms with E-state index in [0.717, 1.165) is 0 Å². The van der Waals surface area contributed by atoms with E-state index in [0.29, 0.717) is 0 Å². The molecule has 2 unspecified atom stereocenters. The highest BCUT2D eigenvalue weighted by molar-refractivity contribution is 7.30. The van der Waals surface area contributed by atoms with E-state index in [1.54, 1.807) is 0 Å². The second kappa shape index (κ2) is 29.3. The van der Waals surface area contributed by atoms with Gasteiger partial charge < -0.3 is 15.0 Å². The summed E-state index contributed by atoms with van der Waals surface area (Å²) in [6.45, 7) is 0. The highest BCUT2D eigenvalue weighted by atomic mass is 31.1. The van der Waals surface area contributed by atoms with Gasteiger partial charge in [0.25, 0.3) is 0 Å². The second-order valence-corrected chi connectivity index (χ2v) is 1.81. The summed E-state index contributed by atoms with van der Waals surface area (Å²) in [5, 5.41) is 15.6. The molecule has 0 aliphatic heterocycles. The average molecular weight is 257 g/mol. The minimum atomic E-state index is -3.15. The van der Waals surface area contributed by atoms with Crippen LogP contribution in [0.5, 0.6) is 0 Å². The lowest BCUT2D eigenvalue weighted by atomic mass is 12.0. The Morgan fingerprint density at radius 3 is 1.14 bits per heavy atom. The van der Waals surface area contributed by atoms with Crippen molar-refractivity contribution in [1.82, 2.24) is 0 Å². The molecule has 0 aromatic heterocycles. The molecule has 8 nitrogen and oxygen atoms in total. The van der Waals surface area contributed by atoms with Gasteiger partial charge >= 0.3 is 16.5 Å². The van der Waals surface area contributed by atoms with E-state index in [-0.39, 0.29) is 31.1 Å². The van der Waals surface area contributed by atoms with Crippen LogP contribution in [0.15, 0.2) is 0 Å². The van der Waals surface area contributed by atoms with Crippen LogP contribution in [0.1, 0.15) is 31.1 Å². The first-order chi connectivity index (χ1) is 4.54. The van der Waals surface area contributed by atoms with Gasteiger partial charge in [-0.3, -0.25) is 0 Å². The highest BCUT2D eigenvalue weighted by Crippen LogP contribution is 2.02. The minimum absolute atomic E-state index is 0. The Bertz CT molecular complexity index is 109. The van der Waals surface area contributed by atoms with Crippen molar-refractivity contribution in [2.45, 2.75) is 29.7 Å². The van der Waals surface area contributed by atoms with E-state index in [1.165, 1.54) is 0 Å². The molecular formula is C4H19O8P2-. The molecule has 14 heavy (non-hydrogen) atoms. The van der Waals surface area contributed by atoms with Crippen molar-refractivity contribution in [3.05, 3.63) is 0 Å². The van der Waals surface area contributed by atoms with Gasteiger partial charge in [0.1, 0.15) is 0 Å². The van der Waals surface area contributed by atoms with Crippen LogP contribution < -0.4 is 15.0 Å². The van der Waals surface area contributed by atoms with Gasteiger partial charge in [0.2, 0.25) is 0 Å². The molecule has 0 aliphatic carbocycles. The smallest absolute Gasteiger partial charge is 0.521 e. The normalized spacial score (nSPS) is 8.00. The molecule has 0 spiro atoms. The van der Waals surface area contributed by atoms with Crippen LogP contribution in [0.2, 0.25) is 0 Å². The third-order valence-electron chi connectivity index (χ3n) is 0.128. The predicted octanol–water partition coefficient (Wildman–Crippen LogP) is 0.580. The zero-order chi connectivity index (χ0) is 8.57. The van der Waals surface area contributed by atoms with Crippen molar-refractivity contribution < 1.29 is 40.2 Å². The van der Waals surface area contributed by atoms with Crippen molar-refractivity contribution in [2.24, 2.45) is 0 Å². The lowest BCUT2D eigenvalue weighted by Crippen LogP contribution is -2.01. The highest BCUT2D eigenvalue weighted by Gasteiger charge is 1.90. The Labute approximate surface area is 87.4 Å². The topological polar surface area (TPSA) is 142 Å². The second-order valence-electron chi connectivity index (χ2n) is 0.603. The molecule has 0 saturated carbocycles. The molecule has 0 fully saturated rings. The standard InChI is InChI=1S/4CH4.2HO4P.H2/c;;;;2*1-4-5(2)3;/h4*1H4;2*1H;1H/p-1. The number of hydrogen-bond donors (Lipinski definition) is 1. The maximum atomic E-state index is 8.93. The van der Waals surface area contributed by atoms with E-state index >= 15 is 0 Å². The van der Waals surface area contributed by atoms with Crippen LogP contribution in [0.4, 0.5) is 0 Å². The van der Waals surface area contributed by atoms with Crippen LogP contribution in [-0.4, -0.2) is 5.26 Å². The van der Waals surface area contributed by atoms with E-state index in [9.17, 15) is 0 Å². The molecule has 0 heterocycles. The fourth-order valence-corrected chi connectivity index (χ4v) is 0. The number of rotatable bonds is 2. The maximum Gasteiger partial charge on any atom is 0.521 e. The first kappa shape index (κ1) is 37.0. The van der Waals surface area contributed by atoms with Gasteiger partial charge in [0.15, 0.2) is 0 Å². The van der Waals surface area contributed by atoms with Crippen LogP contribution in [0, 0.1) is 0 Å². The van der Waals surface area contributed by atoms with Gasteiger partial charge in [-0.05, 0) is 9.13 Å². The molecule has 1 N–H and O–H groups in total. The molecule has 0 aromatic rings. The van der Waals surface area contributed by atoms with Gasteiger partial charge in [-0.25, -0.2) is 9.93 Å².